The highest BCUT2D eigenvalue weighted by Gasteiger charge is 2.31. The van der Waals surface area contributed by atoms with Crippen molar-refractivity contribution in [3.8, 4) is 0 Å². The molecule has 1 aliphatic carbocycles. The highest BCUT2D eigenvalue weighted by atomic mass is 16.3. The summed E-state index contributed by atoms with van der Waals surface area (Å²) < 4.78 is 0. The SMILES string of the molecule is CCC(CC)C(O)C(=O)C1CCC(C)CC1. The lowest BCUT2D eigenvalue weighted by Gasteiger charge is -2.28. The fourth-order valence-corrected chi connectivity index (χ4v) is 2.75. The molecule has 1 rings (SSSR count). The second-order valence-corrected chi connectivity index (χ2v) is 5.38. The third-order valence-electron chi connectivity index (χ3n) is 4.21. The number of aliphatic hydroxyl groups excluding tert-OH is 1. The summed E-state index contributed by atoms with van der Waals surface area (Å²) in [4.78, 5) is 12.1. The number of rotatable bonds is 5. The highest BCUT2D eigenvalue weighted by molar-refractivity contribution is 5.85. The Morgan fingerprint density at radius 2 is 1.69 bits per heavy atom. The Balaban J connectivity index is 2.50. The van der Waals surface area contributed by atoms with Crippen LogP contribution < -0.4 is 0 Å². The minimum Gasteiger partial charge on any atom is -0.385 e. The fourth-order valence-electron chi connectivity index (χ4n) is 2.75. The van der Waals surface area contributed by atoms with Crippen LogP contribution in [0, 0.1) is 17.8 Å². The molecule has 0 heterocycles. The van der Waals surface area contributed by atoms with Gasteiger partial charge in [0.1, 0.15) is 6.10 Å². The first-order valence-corrected chi connectivity index (χ1v) is 6.81. The zero-order valence-electron chi connectivity index (χ0n) is 10.9. The number of hydrogen-bond acceptors (Lipinski definition) is 2. The van der Waals surface area contributed by atoms with Crippen LogP contribution in [0.5, 0.6) is 0 Å². The van der Waals surface area contributed by atoms with Crippen LogP contribution in [0.2, 0.25) is 0 Å². The Labute approximate surface area is 99.4 Å². The Bertz CT molecular complexity index is 213. The van der Waals surface area contributed by atoms with E-state index in [1.165, 1.54) is 0 Å². The van der Waals surface area contributed by atoms with E-state index < -0.39 is 6.10 Å². The van der Waals surface area contributed by atoms with Crippen molar-refractivity contribution in [1.29, 1.82) is 0 Å². The summed E-state index contributed by atoms with van der Waals surface area (Å²) in [5.41, 5.74) is 0. The topological polar surface area (TPSA) is 37.3 Å². The number of carbonyl (C=O) groups is 1. The maximum absolute atomic E-state index is 12.1. The number of ketones is 1. The molecule has 1 unspecified atom stereocenters. The first-order chi connectivity index (χ1) is 7.60. The van der Waals surface area contributed by atoms with Gasteiger partial charge in [-0.3, -0.25) is 4.79 Å². The Kier molecular flexibility index (Phi) is 5.47. The van der Waals surface area contributed by atoms with E-state index in [9.17, 15) is 9.90 Å². The molecule has 0 spiro atoms. The molecule has 2 heteroatoms. The lowest BCUT2D eigenvalue weighted by atomic mass is 9.77. The average Bonchev–Trinajstić information content (AvgIpc) is 2.30. The zero-order valence-corrected chi connectivity index (χ0v) is 10.9. The van der Waals surface area contributed by atoms with Crippen molar-refractivity contribution in [3.05, 3.63) is 0 Å². The molecular weight excluding hydrogens is 200 g/mol. The molecule has 0 aromatic heterocycles. The van der Waals surface area contributed by atoms with Crippen molar-refractivity contribution in [2.45, 2.75) is 65.4 Å². The van der Waals surface area contributed by atoms with Gasteiger partial charge in [0.2, 0.25) is 0 Å². The summed E-state index contributed by atoms with van der Waals surface area (Å²) >= 11 is 0. The molecule has 1 aliphatic rings. The van der Waals surface area contributed by atoms with Crippen LogP contribution in [0.4, 0.5) is 0 Å². The molecule has 1 saturated carbocycles. The number of carbonyl (C=O) groups excluding carboxylic acids is 1. The minimum absolute atomic E-state index is 0.112. The van der Waals surface area contributed by atoms with E-state index in [-0.39, 0.29) is 17.6 Å². The summed E-state index contributed by atoms with van der Waals surface area (Å²) in [5, 5.41) is 10.0. The van der Waals surface area contributed by atoms with E-state index in [4.69, 9.17) is 0 Å². The maximum Gasteiger partial charge on any atom is 0.164 e. The molecule has 0 aromatic carbocycles. The van der Waals surface area contributed by atoms with Crippen LogP contribution >= 0.6 is 0 Å². The molecular formula is C14H26O2. The van der Waals surface area contributed by atoms with E-state index >= 15 is 0 Å². The van der Waals surface area contributed by atoms with Gasteiger partial charge in [-0.15, -0.1) is 0 Å². The fraction of sp³-hybridized carbons (Fsp3) is 0.929. The van der Waals surface area contributed by atoms with Crippen molar-refractivity contribution in [2.75, 3.05) is 0 Å². The van der Waals surface area contributed by atoms with Crippen LogP contribution in [0.3, 0.4) is 0 Å². The standard InChI is InChI=1S/C14H26O2/c1-4-11(5-2)13(15)14(16)12-8-6-10(3)7-9-12/h10-13,15H,4-9H2,1-3H3. The number of Topliss-reactive ketones (excluding diaryl/α,β-unsaturated/α-hetero) is 1. The molecule has 0 amide bonds. The van der Waals surface area contributed by atoms with Crippen molar-refractivity contribution >= 4 is 5.78 Å². The van der Waals surface area contributed by atoms with Gasteiger partial charge in [-0.1, -0.05) is 46.5 Å². The Hall–Kier alpha value is -0.370. The van der Waals surface area contributed by atoms with Gasteiger partial charge in [0.15, 0.2) is 5.78 Å². The van der Waals surface area contributed by atoms with Crippen LogP contribution in [-0.4, -0.2) is 17.0 Å². The van der Waals surface area contributed by atoms with Gasteiger partial charge in [0.25, 0.3) is 0 Å². The van der Waals surface area contributed by atoms with E-state index in [2.05, 4.69) is 6.92 Å². The molecule has 1 N–H and O–H groups in total. The number of hydrogen-bond donors (Lipinski definition) is 1. The maximum atomic E-state index is 12.1. The minimum atomic E-state index is -0.714. The molecule has 0 saturated heterocycles. The van der Waals surface area contributed by atoms with E-state index in [0.29, 0.717) is 0 Å². The van der Waals surface area contributed by atoms with Crippen molar-refractivity contribution in [2.24, 2.45) is 17.8 Å². The third-order valence-corrected chi connectivity index (χ3v) is 4.21. The molecule has 94 valence electrons. The predicted molar refractivity (Wildman–Crippen MR) is 66.2 cm³/mol. The van der Waals surface area contributed by atoms with Gasteiger partial charge in [0.05, 0.1) is 0 Å². The van der Waals surface area contributed by atoms with Gasteiger partial charge in [-0.25, -0.2) is 0 Å². The summed E-state index contributed by atoms with van der Waals surface area (Å²) in [6.45, 7) is 6.35. The van der Waals surface area contributed by atoms with Gasteiger partial charge in [0, 0.05) is 5.92 Å². The van der Waals surface area contributed by atoms with Crippen LogP contribution in [0.15, 0.2) is 0 Å². The number of aliphatic hydroxyl groups is 1. The quantitative estimate of drug-likeness (QED) is 0.781. The molecule has 0 radical (unpaired) electrons. The first-order valence-electron chi connectivity index (χ1n) is 6.81. The average molecular weight is 226 g/mol. The van der Waals surface area contributed by atoms with Gasteiger partial charge in [-0.05, 0) is 24.7 Å². The summed E-state index contributed by atoms with van der Waals surface area (Å²) in [6.07, 6.45) is 5.33. The molecule has 0 aliphatic heterocycles. The van der Waals surface area contributed by atoms with Gasteiger partial charge in [-0.2, -0.15) is 0 Å². The van der Waals surface area contributed by atoms with Crippen LogP contribution in [0.25, 0.3) is 0 Å². The van der Waals surface area contributed by atoms with Crippen LogP contribution in [0.1, 0.15) is 59.3 Å². The third kappa shape index (κ3) is 3.31. The van der Waals surface area contributed by atoms with E-state index in [0.717, 1.165) is 44.4 Å². The molecule has 0 aromatic rings. The van der Waals surface area contributed by atoms with E-state index in [1.54, 1.807) is 0 Å². The van der Waals surface area contributed by atoms with Gasteiger partial charge >= 0.3 is 0 Å². The second kappa shape index (κ2) is 6.39. The van der Waals surface area contributed by atoms with Crippen molar-refractivity contribution in [3.63, 3.8) is 0 Å². The first kappa shape index (κ1) is 13.7. The lowest BCUT2D eigenvalue weighted by molar-refractivity contribution is -0.135. The largest absolute Gasteiger partial charge is 0.385 e. The van der Waals surface area contributed by atoms with Crippen molar-refractivity contribution in [1.82, 2.24) is 0 Å². The van der Waals surface area contributed by atoms with Gasteiger partial charge < -0.3 is 5.11 Å². The Morgan fingerprint density at radius 1 is 1.19 bits per heavy atom. The highest BCUT2D eigenvalue weighted by Crippen LogP contribution is 2.31. The summed E-state index contributed by atoms with van der Waals surface area (Å²) in [6, 6.07) is 0. The monoisotopic (exact) mass is 226 g/mol. The Morgan fingerprint density at radius 3 is 2.12 bits per heavy atom. The molecule has 1 fully saturated rings. The zero-order chi connectivity index (χ0) is 12.1. The molecule has 2 nitrogen and oxygen atoms in total. The second-order valence-electron chi connectivity index (χ2n) is 5.38. The normalized spacial score (nSPS) is 28.1. The smallest absolute Gasteiger partial charge is 0.164 e. The molecule has 0 bridgehead atoms. The molecule has 16 heavy (non-hydrogen) atoms. The summed E-state index contributed by atoms with van der Waals surface area (Å²) in [7, 11) is 0. The summed E-state index contributed by atoms with van der Waals surface area (Å²) in [5.74, 6) is 1.16. The van der Waals surface area contributed by atoms with E-state index in [1.807, 2.05) is 13.8 Å². The predicted octanol–water partition coefficient (Wildman–Crippen LogP) is 3.18. The van der Waals surface area contributed by atoms with Crippen LogP contribution in [-0.2, 0) is 4.79 Å². The van der Waals surface area contributed by atoms with Crippen molar-refractivity contribution < 1.29 is 9.90 Å². The molecule has 1 atom stereocenters. The lowest BCUT2D eigenvalue weighted by Crippen LogP contribution is -2.35.